The van der Waals surface area contributed by atoms with Gasteiger partial charge in [0.2, 0.25) is 0 Å². The molecule has 0 aliphatic carbocycles. The predicted molar refractivity (Wildman–Crippen MR) is 66.3 cm³/mol. The molecule has 2 aromatic rings. The second-order valence-electron chi connectivity index (χ2n) is 2.41. The standard InChI is InChI=1S/C6H6N.C6H5.C2H6.Y/c7-6-4-2-1-3-5-6;1-2-4-6-5-3-1;1-2;/h2-5H,7H2;1-5H;1-2H3;/q2*-1;;. The summed E-state index contributed by atoms with van der Waals surface area (Å²) in [7, 11) is 0. The molecule has 0 unspecified atom stereocenters. The van der Waals surface area contributed by atoms with Crippen molar-refractivity contribution in [2.45, 2.75) is 13.8 Å². The molecule has 0 amide bonds. The zero-order chi connectivity index (χ0) is 11.4. The third kappa shape index (κ3) is 11.4. The zero-order valence-corrected chi connectivity index (χ0v) is 12.7. The maximum atomic E-state index is 5.34. The zero-order valence-electron chi connectivity index (χ0n) is 9.85. The fraction of sp³-hybridized carbons (Fsp3) is 0.143. The van der Waals surface area contributed by atoms with Crippen LogP contribution in [0.4, 0.5) is 5.69 Å². The van der Waals surface area contributed by atoms with E-state index in [0.717, 1.165) is 5.69 Å². The smallest absolute Gasteiger partial charge is 0 e. The molecule has 0 aliphatic rings. The SMILES string of the molecule is CC.Nc1cc[c-]cc1.[Y].[c-]1ccccc1. The molecule has 0 spiro atoms. The second-order valence-corrected chi connectivity index (χ2v) is 2.41. The molecule has 1 radical (unpaired) electrons. The van der Waals surface area contributed by atoms with E-state index in [1.165, 1.54) is 0 Å². The first-order valence-corrected chi connectivity index (χ1v) is 5.02. The Labute approximate surface area is 124 Å². The molecule has 0 saturated heterocycles. The van der Waals surface area contributed by atoms with Gasteiger partial charge in [0.25, 0.3) is 0 Å². The minimum Gasteiger partial charge on any atom is -0.419 e. The van der Waals surface area contributed by atoms with E-state index in [0.29, 0.717) is 0 Å². The van der Waals surface area contributed by atoms with Crippen molar-refractivity contribution in [3.63, 3.8) is 0 Å². The van der Waals surface area contributed by atoms with Crippen molar-refractivity contribution in [2.75, 3.05) is 5.73 Å². The summed E-state index contributed by atoms with van der Waals surface area (Å²) < 4.78 is 0. The van der Waals surface area contributed by atoms with E-state index in [-0.39, 0.29) is 32.7 Å². The molecule has 2 heteroatoms. The van der Waals surface area contributed by atoms with E-state index in [4.69, 9.17) is 5.73 Å². The number of hydrogen-bond donors (Lipinski definition) is 1. The Kier molecular flexibility index (Phi) is 15.9. The fourth-order valence-electron chi connectivity index (χ4n) is 0.742. The van der Waals surface area contributed by atoms with Crippen LogP contribution in [0, 0.1) is 12.1 Å². The third-order valence-corrected chi connectivity index (χ3v) is 1.35. The summed E-state index contributed by atoms with van der Waals surface area (Å²) in [6.07, 6.45) is 0. The summed E-state index contributed by atoms with van der Waals surface area (Å²) in [4.78, 5) is 0. The third-order valence-electron chi connectivity index (χ3n) is 1.35. The van der Waals surface area contributed by atoms with Gasteiger partial charge in [-0.2, -0.15) is 54.6 Å². The van der Waals surface area contributed by atoms with Gasteiger partial charge in [0, 0.05) is 32.7 Å². The van der Waals surface area contributed by atoms with Gasteiger partial charge in [0.1, 0.15) is 0 Å². The molecule has 1 nitrogen and oxygen atoms in total. The average Bonchev–Trinajstić information content (AvgIpc) is 2.36. The van der Waals surface area contributed by atoms with Gasteiger partial charge in [-0.1, -0.05) is 19.5 Å². The summed E-state index contributed by atoms with van der Waals surface area (Å²) in [6, 6.07) is 22.5. The molecule has 83 valence electrons. The number of benzene rings is 2. The Hall–Kier alpha value is -0.656. The monoisotopic (exact) mass is 288 g/mol. The molecule has 0 aliphatic heterocycles. The molecule has 2 N–H and O–H groups in total. The van der Waals surface area contributed by atoms with Gasteiger partial charge in [0.05, 0.1) is 0 Å². The average molecular weight is 288 g/mol. The molecule has 0 aromatic heterocycles. The Bertz CT molecular complexity index is 281. The molecule has 0 atom stereocenters. The first-order valence-electron chi connectivity index (χ1n) is 5.02. The molecule has 2 aromatic carbocycles. The molecule has 0 heterocycles. The van der Waals surface area contributed by atoms with Crippen molar-refractivity contribution in [3.8, 4) is 0 Å². The van der Waals surface area contributed by atoms with Crippen molar-refractivity contribution >= 4 is 5.69 Å². The van der Waals surface area contributed by atoms with Crippen LogP contribution in [-0.2, 0) is 32.7 Å². The Morgan fingerprint density at radius 2 is 1.25 bits per heavy atom. The minimum absolute atomic E-state index is 0. The van der Waals surface area contributed by atoms with Crippen LogP contribution in [0.15, 0.2) is 54.6 Å². The van der Waals surface area contributed by atoms with Crippen molar-refractivity contribution in [1.29, 1.82) is 0 Å². The predicted octanol–water partition coefficient (Wildman–Crippen LogP) is 3.58. The molecule has 16 heavy (non-hydrogen) atoms. The van der Waals surface area contributed by atoms with Crippen LogP contribution in [0.25, 0.3) is 0 Å². The Morgan fingerprint density at radius 3 is 1.44 bits per heavy atom. The van der Waals surface area contributed by atoms with Crippen LogP contribution in [0.3, 0.4) is 0 Å². The molecular formula is C14H17NY-2. The molecule has 0 fully saturated rings. The van der Waals surface area contributed by atoms with Gasteiger partial charge < -0.3 is 5.73 Å². The maximum Gasteiger partial charge on any atom is 0 e. The van der Waals surface area contributed by atoms with Crippen LogP contribution in [0.2, 0.25) is 0 Å². The largest absolute Gasteiger partial charge is 0.419 e. The summed E-state index contributed by atoms with van der Waals surface area (Å²) in [5.41, 5.74) is 6.13. The van der Waals surface area contributed by atoms with Gasteiger partial charge in [-0.3, -0.25) is 0 Å². The van der Waals surface area contributed by atoms with Crippen LogP contribution < -0.4 is 5.73 Å². The Balaban J connectivity index is 0. The number of nitrogens with two attached hydrogens (primary N) is 1. The minimum atomic E-state index is 0. The van der Waals surface area contributed by atoms with Gasteiger partial charge in [0.15, 0.2) is 0 Å². The topological polar surface area (TPSA) is 26.0 Å². The number of rotatable bonds is 0. The first kappa shape index (κ1) is 17.7. The van der Waals surface area contributed by atoms with E-state index in [2.05, 4.69) is 12.1 Å². The van der Waals surface area contributed by atoms with E-state index < -0.39 is 0 Å². The number of hydrogen-bond acceptors (Lipinski definition) is 1. The summed E-state index contributed by atoms with van der Waals surface area (Å²) in [5, 5.41) is 0. The first-order chi connectivity index (χ1) is 7.39. The summed E-state index contributed by atoms with van der Waals surface area (Å²) in [6.45, 7) is 4.00. The molecule has 0 bridgehead atoms. The summed E-state index contributed by atoms with van der Waals surface area (Å²) >= 11 is 0. The number of nitrogen functional groups attached to an aromatic ring is 1. The van der Waals surface area contributed by atoms with E-state index in [9.17, 15) is 0 Å². The molecular weight excluding hydrogens is 271 g/mol. The van der Waals surface area contributed by atoms with E-state index in [1.54, 1.807) is 24.3 Å². The number of anilines is 1. The Morgan fingerprint density at radius 1 is 0.812 bits per heavy atom. The van der Waals surface area contributed by atoms with Gasteiger partial charge in [-0.05, 0) is 0 Å². The van der Waals surface area contributed by atoms with Gasteiger partial charge in [-0.15, -0.1) is 12.1 Å². The van der Waals surface area contributed by atoms with Crippen LogP contribution in [0.5, 0.6) is 0 Å². The second kappa shape index (κ2) is 14.3. The van der Waals surface area contributed by atoms with E-state index >= 15 is 0 Å². The van der Waals surface area contributed by atoms with Crippen molar-refractivity contribution in [2.24, 2.45) is 0 Å². The maximum absolute atomic E-state index is 5.34. The van der Waals surface area contributed by atoms with E-state index in [1.807, 2.05) is 44.2 Å². The van der Waals surface area contributed by atoms with Crippen molar-refractivity contribution in [3.05, 3.63) is 66.7 Å². The quantitative estimate of drug-likeness (QED) is 0.582. The van der Waals surface area contributed by atoms with Gasteiger partial charge in [-0.25, -0.2) is 0 Å². The van der Waals surface area contributed by atoms with Crippen molar-refractivity contribution in [1.82, 2.24) is 0 Å². The van der Waals surface area contributed by atoms with Gasteiger partial charge >= 0.3 is 0 Å². The summed E-state index contributed by atoms with van der Waals surface area (Å²) in [5.74, 6) is 0. The van der Waals surface area contributed by atoms with Crippen LogP contribution in [0.1, 0.15) is 13.8 Å². The van der Waals surface area contributed by atoms with Crippen LogP contribution >= 0.6 is 0 Å². The normalized spacial score (nSPS) is 7.12. The van der Waals surface area contributed by atoms with Crippen molar-refractivity contribution < 1.29 is 32.7 Å². The fourth-order valence-corrected chi connectivity index (χ4v) is 0.742. The van der Waals surface area contributed by atoms with Crippen LogP contribution in [-0.4, -0.2) is 0 Å². The molecule has 0 saturated carbocycles. The molecule has 2 rings (SSSR count).